The third-order valence-electron chi connectivity index (χ3n) is 5.59. The van der Waals surface area contributed by atoms with E-state index in [1.54, 1.807) is 12.1 Å². The number of benzene rings is 2. The number of aryl methyl sites for hydroxylation is 1. The van der Waals surface area contributed by atoms with Crippen molar-refractivity contribution in [3.05, 3.63) is 76.9 Å². The first-order chi connectivity index (χ1) is 15.5. The maximum Gasteiger partial charge on any atom is 0.216 e. The van der Waals surface area contributed by atoms with Gasteiger partial charge < -0.3 is 5.32 Å². The van der Waals surface area contributed by atoms with Crippen molar-refractivity contribution in [1.82, 2.24) is 14.9 Å². The first-order valence-electron chi connectivity index (χ1n) is 10.9. The Hall–Kier alpha value is -2.93. The maximum atomic E-state index is 14.5. The number of thioether (sulfide) groups is 1. The predicted octanol–water partition coefficient (Wildman–Crippen LogP) is 4.54. The molecule has 3 aromatic rings. The van der Waals surface area contributed by atoms with Crippen molar-refractivity contribution in [1.29, 1.82) is 0 Å². The standard InChI is InChI=1S/C25H26FN3O2S/c1-17(30)27-14-13-18-11-12-19(15-21(18)26)24(31)16-32-25-28-22-9-5-6-10-23(22)29(25)20-7-3-2-4-8-20/h2-4,7-8,11-12,15H,5-6,9-10,13-14,16H2,1H3,(H,27,30). The summed E-state index contributed by atoms with van der Waals surface area (Å²) < 4.78 is 16.6. The number of Topliss-reactive ketones (excluding diaryl/α,β-unsaturated/α-hetero) is 1. The molecule has 1 N–H and O–H groups in total. The molecule has 1 amide bonds. The lowest BCUT2D eigenvalue weighted by Crippen LogP contribution is -2.22. The summed E-state index contributed by atoms with van der Waals surface area (Å²) in [5.41, 5.74) is 4.22. The Kier molecular flexibility index (Phi) is 7.05. The minimum absolute atomic E-state index is 0.136. The van der Waals surface area contributed by atoms with Crippen LogP contribution in [0.25, 0.3) is 5.69 Å². The molecule has 1 heterocycles. The van der Waals surface area contributed by atoms with Gasteiger partial charge in [0.15, 0.2) is 10.9 Å². The second kappa shape index (κ2) is 10.1. The summed E-state index contributed by atoms with van der Waals surface area (Å²) in [6.07, 6.45) is 4.60. The lowest BCUT2D eigenvalue weighted by molar-refractivity contribution is -0.118. The molecule has 5 nitrogen and oxygen atoms in total. The number of imidazole rings is 1. The number of hydrogen-bond acceptors (Lipinski definition) is 4. The fourth-order valence-corrected chi connectivity index (χ4v) is 4.91. The summed E-state index contributed by atoms with van der Waals surface area (Å²) in [5.74, 6) is -0.520. The molecule has 4 rings (SSSR count). The first kappa shape index (κ1) is 22.3. The molecular formula is C25H26FN3O2S. The van der Waals surface area contributed by atoms with Gasteiger partial charge in [0.25, 0.3) is 0 Å². The van der Waals surface area contributed by atoms with Gasteiger partial charge in [-0.05, 0) is 55.9 Å². The Morgan fingerprint density at radius 3 is 2.66 bits per heavy atom. The van der Waals surface area contributed by atoms with Gasteiger partial charge in [-0.1, -0.05) is 42.1 Å². The third kappa shape index (κ3) is 5.10. The second-order valence-corrected chi connectivity index (χ2v) is 8.86. The average Bonchev–Trinajstić information content (AvgIpc) is 3.17. The van der Waals surface area contributed by atoms with Gasteiger partial charge in [-0.3, -0.25) is 14.2 Å². The van der Waals surface area contributed by atoms with Gasteiger partial charge in [0.2, 0.25) is 5.91 Å². The molecule has 0 spiro atoms. The van der Waals surface area contributed by atoms with Crippen LogP contribution in [0.5, 0.6) is 0 Å². The molecule has 0 unspecified atom stereocenters. The van der Waals surface area contributed by atoms with E-state index in [2.05, 4.69) is 22.0 Å². The van der Waals surface area contributed by atoms with Crippen molar-refractivity contribution in [3.8, 4) is 5.69 Å². The molecule has 7 heteroatoms. The van der Waals surface area contributed by atoms with Crippen LogP contribution in [0.15, 0.2) is 53.7 Å². The molecule has 1 aliphatic rings. The Morgan fingerprint density at radius 2 is 1.91 bits per heavy atom. The molecule has 1 aromatic heterocycles. The number of rotatable bonds is 8. The number of nitrogens with zero attached hydrogens (tertiary/aromatic N) is 2. The molecule has 32 heavy (non-hydrogen) atoms. The maximum absolute atomic E-state index is 14.5. The fourth-order valence-electron chi connectivity index (χ4n) is 3.97. The van der Waals surface area contributed by atoms with E-state index in [1.165, 1.54) is 30.4 Å². The predicted molar refractivity (Wildman–Crippen MR) is 124 cm³/mol. The third-order valence-corrected chi connectivity index (χ3v) is 6.53. The lowest BCUT2D eigenvalue weighted by Gasteiger charge is -2.15. The van der Waals surface area contributed by atoms with Crippen LogP contribution in [0.1, 0.15) is 47.1 Å². The summed E-state index contributed by atoms with van der Waals surface area (Å²) in [4.78, 5) is 28.6. The van der Waals surface area contributed by atoms with E-state index in [4.69, 9.17) is 4.98 Å². The van der Waals surface area contributed by atoms with Crippen LogP contribution in [-0.4, -0.2) is 33.5 Å². The number of carbonyl (C=O) groups excluding carboxylic acids is 2. The normalized spacial score (nSPS) is 12.9. The molecule has 0 saturated heterocycles. The zero-order valence-electron chi connectivity index (χ0n) is 18.1. The SMILES string of the molecule is CC(=O)NCCc1ccc(C(=O)CSc2nc3c(n2-c2ccccc2)CCCC3)cc1F. The van der Waals surface area contributed by atoms with Crippen LogP contribution >= 0.6 is 11.8 Å². The number of amides is 1. The van der Waals surface area contributed by atoms with Crippen LogP contribution in [0.3, 0.4) is 0 Å². The summed E-state index contributed by atoms with van der Waals surface area (Å²) >= 11 is 1.40. The Morgan fingerprint density at radius 1 is 1.12 bits per heavy atom. The number of ketones is 1. The number of para-hydroxylation sites is 1. The average molecular weight is 452 g/mol. The van der Waals surface area contributed by atoms with E-state index in [1.807, 2.05) is 18.2 Å². The summed E-state index contributed by atoms with van der Waals surface area (Å²) in [6.45, 7) is 1.79. The second-order valence-electron chi connectivity index (χ2n) is 7.92. The van der Waals surface area contributed by atoms with Gasteiger partial charge in [0, 0.05) is 30.4 Å². The summed E-state index contributed by atoms with van der Waals surface area (Å²) in [5, 5.41) is 3.46. The van der Waals surface area contributed by atoms with Crippen molar-refractivity contribution in [3.63, 3.8) is 0 Å². The number of halogens is 1. The molecule has 2 aromatic carbocycles. The molecule has 1 aliphatic carbocycles. The highest BCUT2D eigenvalue weighted by Gasteiger charge is 2.22. The number of fused-ring (bicyclic) bond motifs is 1. The molecule has 0 bridgehead atoms. The Labute approximate surface area is 191 Å². The number of nitrogens with one attached hydrogen (secondary N) is 1. The minimum Gasteiger partial charge on any atom is -0.356 e. The smallest absolute Gasteiger partial charge is 0.216 e. The van der Waals surface area contributed by atoms with Crippen LogP contribution in [0.4, 0.5) is 4.39 Å². The fraction of sp³-hybridized carbons (Fsp3) is 0.320. The quantitative estimate of drug-likeness (QED) is 0.403. The number of hydrogen-bond donors (Lipinski definition) is 1. The molecule has 0 aliphatic heterocycles. The van der Waals surface area contributed by atoms with Crippen LogP contribution in [-0.2, 0) is 24.1 Å². The van der Waals surface area contributed by atoms with E-state index in [0.29, 0.717) is 24.1 Å². The highest BCUT2D eigenvalue weighted by Crippen LogP contribution is 2.31. The van der Waals surface area contributed by atoms with Crippen molar-refractivity contribution < 1.29 is 14.0 Å². The van der Waals surface area contributed by atoms with Crippen molar-refractivity contribution in [2.24, 2.45) is 0 Å². The topological polar surface area (TPSA) is 64.0 Å². The Balaban J connectivity index is 1.48. The zero-order chi connectivity index (χ0) is 22.5. The highest BCUT2D eigenvalue weighted by molar-refractivity contribution is 7.99. The monoisotopic (exact) mass is 451 g/mol. The van der Waals surface area contributed by atoms with E-state index in [9.17, 15) is 14.0 Å². The Bertz CT molecular complexity index is 1130. The molecular weight excluding hydrogens is 425 g/mol. The molecule has 166 valence electrons. The summed E-state index contributed by atoms with van der Waals surface area (Å²) in [7, 11) is 0. The van der Waals surface area contributed by atoms with E-state index < -0.39 is 5.82 Å². The largest absolute Gasteiger partial charge is 0.356 e. The van der Waals surface area contributed by atoms with Gasteiger partial charge in [0.05, 0.1) is 11.4 Å². The lowest BCUT2D eigenvalue weighted by atomic mass is 10.0. The van der Waals surface area contributed by atoms with Gasteiger partial charge in [-0.25, -0.2) is 9.37 Å². The number of aromatic nitrogens is 2. The van der Waals surface area contributed by atoms with E-state index in [0.717, 1.165) is 42.2 Å². The van der Waals surface area contributed by atoms with Crippen LogP contribution in [0, 0.1) is 5.82 Å². The zero-order valence-corrected chi connectivity index (χ0v) is 18.9. The van der Waals surface area contributed by atoms with Gasteiger partial charge in [-0.2, -0.15) is 0 Å². The molecule has 0 radical (unpaired) electrons. The van der Waals surface area contributed by atoms with Crippen LogP contribution < -0.4 is 5.32 Å². The van der Waals surface area contributed by atoms with Gasteiger partial charge in [0.1, 0.15) is 5.82 Å². The van der Waals surface area contributed by atoms with Crippen LogP contribution in [0.2, 0.25) is 0 Å². The van der Waals surface area contributed by atoms with E-state index >= 15 is 0 Å². The highest BCUT2D eigenvalue weighted by atomic mass is 32.2. The minimum atomic E-state index is -0.424. The van der Waals surface area contributed by atoms with Gasteiger partial charge in [-0.15, -0.1) is 0 Å². The first-order valence-corrected chi connectivity index (χ1v) is 11.9. The molecule has 0 saturated carbocycles. The number of carbonyl (C=O) groups is 2. The van der Waals surface area contributed by atoms with Crippen molar-refractivity contribution in [2.45, 2.75) is 44.2 Å². The van der Waals surface area contributed by atoms with Crippen molar-refractivity contribution >= 4 is 23.5 Å². The van der Waals surface area contributed by atoms with E-state index in [-0.39, 0.29) is 17.4 Å². The molecule has 0 atom stereocenters. The molecule has 0 fully saturated rings. The summed E-state index contributed by atoms with van der Waals surface area (Å²) in [6, 6.07) is 14.7. The van der Waals surface area contributed by atoms with Crippen molar-refractivity contribution in [2.75, 3.05) is 12.3 Å². The van der Waals surface area contributed by atoms with Gasteiger partial charge >= 0.3 is 0 Å².